The summed E-state index contributed by atoms with van der Waals surface area (Å²) < 4.78 is 6.65. The SMILES string of the molecule is Nc1nc(C#CCC2CCC(CO)CC2)nc2c1ncn2C1OC(C(=O)O)C(O)C1O. The maximum absolute atomic E-state index is 11.2. The molecule has 2 aliphatic rings. The summed E-state index contributed by atoms with van der Waals surface area (Å²) in [4.78, 5) is 23.9. The number of carbonyl (C=O) groups is 1. The van der Waals surface area contributed by atoms with Crippen LogP contribution in [0.2, 0.25) is 0 Å². The third kappa shape index (κ3) is 4.20. The fraction of sp³-hybridized carbons (Fsp3) is 0.600. The van der Waals surface area contributed by atoms with Crippen molar-refractivity contribution >= 4 is 23.0 Å². The molecule has 4 unspecified atom stereocenters. The molecule has 11 nitrogen and oxygen atoms in total. The maximum Gasteiger partial charge on any atom is 0.335 e. The van der Waals surface area contributed by atoms with E-state index in [1.165, 1.54) is 10.9 Å². The quantitative estimate of drug-likeness (QED) is 0.402. The summed E-state index contributed by atoms with van der Waals surface area (Å²) in [5, 5.41) is 38.6. The smallest absolute Gasteiger partial charge is 0.335 e. The Balaban J connectivity index is 1.55. The van der Waals surface area contributed by atoms with Crippen LogP contribution < -0.4 is 5.73 Å². The van der Waals surface area contributed by atoms with Crippen LogP contribution in [0.3, 0.4) is 0 Å². The standard InChI is InChI=1S/C20H25N5O6/c21-17-13-18(25(9-22-13)19-15(28)14(27)16(31-19)20(29)30)24-12(23-17)3-1-2-10-4-6-11(8-26)7-5-10/h9-11,14-16,19,26-28H,2,4-8H2,(H,29,30)(H2,21,23,24). The Morgan fingerprint density at radius 1 is 1.19 bits per heavy atom. The molecule has 1 aliphatic heterocycles. The molecule has 1 saturated carbocycles. The summed E-state index contributed by atoms with van der Waals surface area (Å²) >= 11 is 0. The van der Waals surface area contributed by atoms with Crippen LogP contribution in [0.4, 0.5) is 5.82 Å². The lowest BCUT2D eigenvalue weighted by Gasteiger charge is -2.25. The average Bonchev–Trinajstić information content (AvgIpc) is 3.30. The zero-order chi connectivity index (χ0) is 22.1. The molecule has 1 saturated heterocycles. The summed E-state index contributed by atoms with van der Waals surface area (Å²) in [6.45, 7) is 0.239. The molecule has 2 aromatic rings. The first-order chi connectivity index (χ1) is 14.9. The highest BCUT2D eigenvalue weighted by Crippen LogP contribution is 2.32. The van der Waals surface area contributed by atoms with Crippen molar-refractivity contribution in [3.05, 3.63) is 12.2 Å². The number of aromatic nitrogens is 4. The molecule has 2 fully saturated rings. The van der Waals surface area contributed by atoms with Crippen LogP contribution in [-0.4, -0.2) is 70.8 Å². The molecular formula is C20H25N5O6. The van der Waals surface area contributed by atoms with Crippen molar-refractivity contribution in [3.63, 3.8) is 0 Å². The second-order valence-corrected chi connectivity index (χ2v) is 8.10. The largest absolute Gasteiger partial charge is 0.479 e. The molecule has 0 radical (unpaired) electrons. The molecule has 4 atom stereocenters. The number of hydrogen-bond acceptors (Lipinski definition) is 9. The van der Waals surface area contributed by atoms with E-state index in [1.807, 2.05) is 0 Å². The number of rotatable bonds is 4. The number of imidazole rings is 1. The van der Waals surface area contributed by atoms with Gasteiger partial charge in [-0.15, -0.1) is 0 Å². The van der Waals surface area contributed by atoms with Crippen molar-refractivity contribution in [2.24, 2.45) is 11.8 Å². The van der Waals surface area contributed by atoms with E-state index in [1.54, 1.807) is 0 Å². The summed E-state index contributed by atoms with van der Waals surface area (Å²) in [5.41, 5.74) is 6.47. The number of fused-ring (bicyclic) bond motifs is 1. The topological polar surface area (TPSA) is 177 Å². The van der Waals surface area contributed by atoms with Gasteiger partial charge in [-0.3, -0.25) is 4.57 Å². The van der Waals surface area contributed by atoms with E-state index < -0.39 is 30.5 Å². The highest BCUT2D eigenvalue weighted by Gasteiger charge is 2.48. The zero-order valence-corrected chi connectivity index (χ0v) is 16.8. The fourth-order valence-electron chi connectivity index (χ4n) is 4.17. The molecule has 6 N–H and O–H groups in total. The second-order valence-electron chi connectivity index (χ2n) is 8.10. The first-order valence-corrected chi connectivity index (χ1v) is 10.2. The van der Waals surface area contributed by atoms with Gasteiger partial charge in [-0.1, -0.05) is 5.92 Å². The number of aliphatic hydroxyl groups excluding tert-OH is 3. The fourth-order valence-corrected chi connectivity index (χ4v) is 4.17. The van der Waals surface area contributed by atoms with E-state index in [4.69, 9.17) is 15.6 Å². The van der Waals surface area contributed by atoms with Crippen LogP contribution in [0.25, 0.3) is 11.2 Å². The van der Waals surface area contributed by atoms with Crippen molar-refractivity contribution in [1.82, 2.24) is 19.5 Å². The number of anilines is 1. The summed E-state index contributed by atoms with van der Waals surface area (Å²) in [7, 11) is 0. The van der Waals surface area contributed by atoms with Gasteiger partial charge in [0, 0.05) is 13.0 Å². The third-order valence-corrected chi connectivity index (χ3v) is 6.02. The Labute approximate surface area is 177 Å². The minimum atomic E-state index is -1.60. The Bertz CT molecular complexity index is 1020. The molecule has 0 amide bonds. The normalized spacial score (nSPS) is 30.8. The number of ether oxygens (including phenoxy) is 1. The number of hydrogen-bond donors (Lipinski definition) is 5. The Hall–Kier alpha value is -2.78. The number of nitrogens with two attached hydrogens (primary N) is 1. The minimum absolute atomic E-state index is 0.0966. The highest BCUT2D eigenvalue weighted by atomic mass is 16.6. The number of carboxylic acid groups (broad SMARTS) is 1. The van der Waals surface area contributed by atoms with Gasteiger partial charge in [0.05, 0.1) is 6.33 Å². The third-order valence-electron chi connectivity index (χ3n) is 6.02. The molecule has 166 valence electrons. The van der Waals surface area contributed by atoms with Crippen LogP contribution in [0.5, 0.6) is 0 Å². The van der Waals surface area contributed by atoms with E-state index in [0.717, 1.165) is 25.7 Å². The van der Waals surface area contributed by atoms with Gasteiger partial charge in [0.2, 0.25) is 5.82 Å². The van der Waals surface area contributed by atoms with Crippen molar-refractivity contribution in [2.75, 3.05) is 12.3 Å². The van der Waals surface area contributed by atoms with Gasteiger partial charge < -0.3 is 30.9 Å². The first-order valence-electron chi connectivity index (χ1n) is 10.2. The summed E-state index contributed by atoms with van der Waals surface area (Å²) in [5.74, 6) is 5.76. The van der Waals surface area contributed by atoms with Gasteiger partial charge in [0.25, 0.3) is 0 Å². The number of nitrogen functional groups attached to an aromatic ring is 1. The molecule has 31 heavy (non-hydrogen) atoms. The van der Waals surface area contributed by atoms with Crippen LogP contribution in [-0.2, 0) is 9.53 Å². The maximum atomic E-state index is 11.2. The monoisotopic (exact) mass is 431 g/mol. The van der Waals surface area contributed by atoms with Crippen molar-refractivity contribution < 1.29 is 30.0 Å². The van der Waals surface area contributed by atoms with Gasteiger partial charge in [0.1, 0.15) is 17.7 Å². The lowest BCUT2D eigenvalue weighted by atomic mass is 9.81. The van der Waals surface area contributed by atoms with E-state index >= 15 is 0 Å². The van der Waals surface area contributed by atoms with Gasteiger partial charge in [0.15, 0.2) is 23.8 Å². The number of nitrogens with zero attached hydrogens (tertiary/aromatic N) is 4. The molecule has 11 heteroatoms. The van der Waals surface area contributed by atoms with Gasteiger partial charge >= 0.3 is 5.97 Å². The Morgan fingerprint density at radius 3 is 2.55 bits per heavy atom. The second kappa shape index (κ2) is 8.76. The first kappa shape index (κ1) is 21.5. The van der Waals surface area contributed by atoms with E-state index in [0.29, 0.717) is 18.3 Å². The lowest BCUT2D eigenvalue weighted by molar-refractivity contribution is -0.155. The molecule has 2 aromatic heterocycles. The number of aliphatic hydroxyl groups is 3. The van der Waals surface area contributed by atoms with Crippen molar-refractivity contribution in [1.29, 1.82) is 0 Å². The van der Waals surface area contributed by atoms with Gasteiger partial charge in [-0.05, 0) is 43.4 Å². The molecule has 0 bridgehead atoms. The van der Waals surface area contributed by atoms with E-state index in [9.17, 15) is 20.1 Å². The van der Waals surface area contributed by atoms with E-state index in [2.05, 4.69) is 26.8 Å². The minimum Gasteiger partial charge on any atom is -0.479 e. The molecule has 3 heterocycles. The van der Waals surface area contributed by atoms with Crippen LogP contribution in [0.15, 0.2) is 6.33 Å². The van der Waals surface area contributed by atoms with Crippen molar-refractivity contribution in [2.45, 2.75) is 56.6 Å². The molecule has 1 aliphatic carbocycles. The average molecular weight is 431 g/mol. The van der Waals surface area contributed by atoms with E-state index in [-0.39, 0.29) is 29.4 Å². The molecule has 0 aromatic carbocycles. The number of carboxylic acids is 1. The zero-order valence-electron chi connectivity index (χ0n) is 16.8. The van der Waals surface area contributed by atoms with Crippen LogP contribution >= 0.6 is 0 Å². The van der Waals surface area contributed by atoms with Gasteiger partial charge in [-0.2, -0.15) is 0 Å². The van der Waals surface area contributed by atoms with Crippen LogP contribution in [0.1, 0.15) is 44.2 Å². The predicted molar refractivity (Wildman–Crippen MR) is 107 cm³/mol. The van der Waals surface area contributed by atoms with Crippen LogP contribution in [0, 0.1) is 23.7 Å². The Morgan fingerprint density at radius 2 is 1.90 bits per heavy atom. The Kier molecular flexibility index (Phi) is 6.06. The van der Waals surface area contributed by atoms with Crippen molar-refractivity contribution in [3.8, 4) is 11.8 Å². The highest BCUT2D eigenvalue weighted by molar-refractivity contribution is 5.82. The molecular weight excluding hydrogens is 406 g/mol. The summed E-state index contributed by atoms with van der Waals surface area (Å²) in [6.07, 6.45) is 0.200. The molecule has 4 rings (SSSR count). The predicted octanol–water partition coefficient (Wildman–Crippen LogP) is -0.347. The molecule has 0 spiro atoms. The summed E-state index contributed by atoms with van der Waals surface area (Å²) in [6, 6.07) is 0. The lowest BCUT2D eigenvalue weighted by Crippen LogP contribution is -2.35. The van der Waals surface area contributed by atoms with Gasteiger partial charge in [-0.25, -0.2) is 19.7 Å². The number of aliphatic carboxylic acids is 1.